The summed E-state index contributed by atoms with van der Waals surface area (Å²) in [5.74, 6) is 1.25. The summed E-state index contributed by atoms with van der Waals surface area (Å²) in [6.45, 7) is 2.08. The maximum Gasteiger partial charge on any atom is 0.265 e. The fourth-order valence-corrected chi connectivity index (χ4v) is 7.76. The number of unbranched alkanes of at least 4 members (excludes halogenated alkanes) is 1. The average Bonchev–Trinajstić information content (AvgIpc) is 3.28. The Morgan fingerprint density at radius 3 is 2.50 bits per heavy atom. The van der Waals surface area contributed by atoms with E-state index in [1.165, 1.54) is 38.5 Å². The van der Waals surface area contributed by atoms with E-state index in [0.717, 1.165) is 41.9 Å². The molecule has 2 aromatic rings. The first kappa shape index (κ1) is 21.6. The third-order valence-corrected chi connectivity index (χ3v) is 8.88. The lowest BCUT2D eigenvalue weighted by atomic mass is 9.49. The number of nitrogens with zero attached hydrogens (tertiary/aromatic N) is 1. The number of aromatic amines is 1. The van der Waals surface area contributed by atoms with Gasteiger partial charge in [-0.3, -0.25) is 14.9 Å². The normalized spacial score (nSPS) is 31.6. The van der Waals surface area contributed by atoms with Crippen LogP contribution < -0.4 is 5.32 Å². The number of aliphatic hydroxyl groups is 1. The second kappa shape index (κ2) is 8.10. The Labute approximate surface area is 200 Å². The van der Waals surface area contributed by atoms with Gasteiger partial charge in [0.05, 0.1) is 6.20 Å². The van der Waals surface area contributed by atoms with Crippen molar-refractivity contribution in [2.24, 2.45) is 17.8 Å². The third kappa shape index (κ3) is 3.41. The summed E-state index contributed by atoms with van der Waals surface area (Å²) < 4.78 is 0. The van der Waals surface area contributed by atoms with Gasteiger partial charge < -0.3 is 10.1 Å². The van der Waals surface area contributed by atoms with Crippen molar-refractivity contribution in [3.63, 3.8) is 0 Å². The molecule has 6 nitrogen and oxygen atoms in total. The Morgan fingerprint density at radius 1 is 1.15 bits per heavy atom. The van der Waals surface area contributed by atoms with Gasteiger partial charge in [0.2, 0.25) is 5.95 Å². The number of nitrogens with one attached hydrogen (secondary N) is 2. The zero-order valence-electron chi connectivity index (χ0n) is 19.8. The van der Waals surface area contributed by atoms with Crippen molar-refractivity contribution in [3.8, 4) is 0 Å². The molecule has 0 spiro atoms. The lowest BCUT2D eigenvalue weighted by molar-refractivity contribution is -0.121. The van der Waals surface area contributed by atoms with Gasteiger partial charge in [-0.1, -0.05) is 44.0 Å². The van der Waals surface area contributed by atoms with E-state index in [2.05, 4.69) is 22.2 Å². The lowest BCUT2D eigenvalue weighted by Crippen LogP contribution is -2.48. The van der Waals surface area contributed by atoms with Crippen LogP contribution in [0, 0.1) is 17.8 Å². The van der Waals surface area contributed by atoms with Gasteiger partial charge in [-0.2, -0.15) is 0 Å². The number of hydrogen-bond acceptors (Lipinski definition) is 4. The van der Waals surface area contributed by atoms with E-state index in [0.29, 0.717) is 17.9 Å². The van der Waals surface area contributed by atoms with Crippen LogP contribution >= 0.6 is 0 Å². The maximum absolute atomic E-state index is 13.4. The van der Waals surface area contributed by atoms with Crippen molar-refractivity contribution in [2.75, 3.05) is 5.32 Å². The van der Waals surface area contributed by atoms with Crippen LogP contribution in [-0.2, 0) is 15.0 Å². The van der Waals surface area contributed by atoms with Crippen LogP contribution in [0.25, 0.3) is 5.76 Å². The number of anilines is 1. The second-order valence-electron chi connectivity index (χ2n) is 11.2. The van der Waals surface area contributed by atoms with Crippen LogP contribution in [0.15, 0.2) is 36.0 Å². The van der Waals surface area contributed by atoms with E-state index >= 15 is 0 Å². The molecular weight excluding hydrogens is 426 g/mol. The highest BCUT2D eigenvalue weighted by atomic mass is 16.3. The molecule has 5 aliphatic carbocycles. The van der Waals surface area contributed by atoms with Crippen LogP contribution in [0.1, 0.15) is 87.4 Å². The molecule has 5 aliphatic rings. The highest BCUT2D eigenvalue weighted by molar-refractivity contribution is 6.30. The molecule has 1 atom stereocenters. The molecule has 178 valence electrons. The number of aromatic nitrogens is 2. The minimum absolute atomic E-state index is 0.150. The molecule has 0 aliphatic heterocycles. The Kier molecular flexibility index (Phi) is 5.16. The number of amides is 1. The SMILES string of the molecule is CCCCC1C(=O)C(C(=O)Nc2ncc(C34CC5CC(CC(C5)C3)C4)[nH]2)=C(O)c2ccccc21. The number of aliphatic hydroxyl groups excluding tert-OH is 1. The number of Topliss-reactive ketones (excluding diaryl/α,β-unsaturated/α-hetero) is 1. The van der Waals surface area contributed by atoms with E-state index in [-0.39, 0.29) is 22.5 Å². The maximum atomic E-state index is 13.4. The van der Waals surface area contributed by atoms with Crippen molar-refractivity contribution in [1.82, 2.24) is 9.97 Å². The van der Waals surface area contributed by atoms with Crippen LogP contribution in [0.5, 0.6) is 0 Å². The van der Waals surface area contributed by atoms with Gasteiger partial charge in [-0.05, 0) is 68.3 Å². The number of benzene rings is 1. The van der Waals surface area contributed by atoms with Crippen molar-refractivity contribution in [1.29, 1.82) is 0 Å². The van der Waals surface area contributed by atoms with Gasteiger partial charge >= 0.3 is 0 Å². The first-order valence-corrected chi connectivity index (χ1v) is 12.9. The van der Waals surface area contributed by atoms with E-state index in [1.807, 2.05) is 24.4 Å². The number of H-pyrrole nitrogens is 1. The standard InChI is InChI=1S/C28H33N3O3/c1-2-3-6-20-19-7-4-5-8-21(19)25(33)23(24(20)32)26(34)31-27-29-15-22(30-27)28-12-16-9-17(13-28)11-18(10-16)14-28/h4-5,7-8,15-18,20,33H,2-3,6,9-14H2,1H3,(H2,29,30,31,34). The quantitative estimate of drug-likeness (QED) is 0.487. The summed E-state index contributed by atoms with van der Waals surface area (Å²) in [7, 11) is 0. The predicted molar refractivity (Wildman–Crippen MR) is 130 cm³/mol. The number of rotatable bonds is 6. The van der Waals surface area contributed by atoms with Gasteiger partial charge in [0, 0.05) is 22.6 Å². The first-order valence-electron chi connectivity index (χ1n) is 12.9. The Balaban J connectivity index is 1.26. The molecule has 4 bridgehead atoms. The summed E-state index contributed by atoms with van der Waals surface area (Å²) in [5, 5.41) is 13.7. The number of ketones is 1. The zero-order valence-corrected chi connectivity index (χ0v) is 19.8. The molecule has 1 unspecified atom stereocenters. The van der Waals surface area contributed by atoms with E-state index in [9.17, 15) is 14.7 Å². The molecule has 1 amide bonds. The summed E-state index contributed by atoms with van der Waals surface area (Å²) >= 11 is 0. The van der Waals surface area contributed by atoms with E-state index < -0.39 is 11.8 Å². The third-order valence-electron chi connectivity index (χ3n) is 8.88. The molecule has 0 radical (unpaired) electrons. The predicted octanol–water partition coefficient (Wildman–Crippen LogP) is 5.64. The largest absolute Gasteiger partial charge is 0.506 e. The van der Waals surface area contributed by atoms with Crippen molar-refractivity contribution in [3.05, 3.63) is 52.9 Å². The van der Waals surface area contributed by atoms with Crippen LogP contribution in [0.3, 0.4) is 0 Å². The van der Waals surface area contributed by atoms with Crippen molar-refractivity contribution in [2.45, 2.75) is 76.0 Å². The van der Waals surface area contributed by atoms with Gasteiger partial charge in [-0.25, -0.2) is 4.98 Å². The highest BCUT2D eigenvalue weighted by Gasteiger charge is 2.52. The van der Waals surface area contributed by atoms with Crippen LogP contribution in [0.4, 0.5) is 5.95 Å². The number of carbonyl (C=O) groups excluding carboxylic acids is 2. The summed E-state index contributed by atoms with van der Waals surface area (Å²) in [4.78, 5) is 34.5. The van der Waals surface area contributed by atoms with Crippen LogP contribution in [0.2, 0.25) is 0 Å². The van der Waals surface area contributed by atoms with Gasteiger partial charge in [0.1, 0.15) is 11.3 Å². The molecule has 1 aromatic carbocycles. The molecule has 1 aromatic heterocycles. The summed E-state index contributed by atoms with van der Waals surface area (Å²) in [6.07, 6.45) is 12.1. The fraction of sp³-hybridized carbons (Fsp3) is 0.536. The molecule has 1 heterocycles. The summed E-state index contributed by atoms with van der Waals surface area (Å²) in [6, 6.07) is 7.35. The fourth-order valence-electron chi connectivity index (χ4n) is 7.76. The molecule has 3 N–H and O–H groups in total. The molecule has 0 saturated heterocycles. The first-order chi connectivity index (χ1) is 16.5. The van der Waals surface area contributed by atoms with E-state index in [1.54, 1.807) is 6.07 Å². The monoisotopic (exact) mass is 459 g/mol. The molecule has 6 heteroatoms. The smallest absolute Gasteiger partial charge is 0.265 e. The van der Waals surface area contributed by atoms with Crippen molar-refractivity contribution < 1.29 is 14.7 Å². The topological polar surface area (TPSA) is 95.1 Å². The Bertz CT molecular complexity index is 1140. The Morgan fingerprint density at radius 2 is 1.82 bits per heavy atom. The number of carbonyl (C=O) groups is 2. The molecule has 7 rings (SSSR count). The lowest BCUT2D eigenvalue weighted by Gasteiger charge is -2.56. The van der Waals surface area contributed by atoms with Gasteiger partial charge in [0.25, 0.3) is 5.91 Å². The molecular formula is C28H33N3O3. The Hall–Kier alpha value is -2.89. The molecule has 34 heavy (non-hydrogen) atoms. The highest BCUT2D eigenvalue weighted by Crippen LogP contribution is 2.60. The molecule has 4 fully saturated rings. The number of imidazole rings is 1. The van der Waals surface area contributed by atoms with E-state index in [4.69, 9.17) is 0 Å². The average molecular weight is 460 g/mol. The van der Waals surface area contributed by atoms with Gasteiger partial charge in [-0.15, -0.1) is 0 Å². The number of fused-ring (bicyclic) bond motifs is 1. The number of hydrogen-bond donors (Lipinski definition) is 3. The van der Waals surface area contributed by atoms with Crippen LogP contribution in [-0.4, -0.2) is 26.8 Å². The van der Waals surface area contributed by atoms with Crippen molar-refractivity contribution >= 4 is 23.4 Å². The zero-order chi connectivity index (χ0) is 23.4. The minimum Gasteiger partial charge on any atom is -0.506 e. The van der Waals surface area contributed by atoms with Gasteiger partial charge in [0.15, 0.2) is 5.78 Å². The summed E-state index contributed by atoms with van der Waals surface area (Å²) in [5.41, 5.74) is 2.48. The minimum atomic E-state index is -0.593. The molecule has 4 saturated carbocycles. The second-order valence-corrected chi connectivity index (χ2v) is 11.2.